The summed E-state index contributed by atoms with van der Waals surface area (Å²) in [6.07, 6.45) is -4.69. The highest BCUT2D eigenvalue weighted by Crippen LogP contribution is 2.32. The third-order valence-corrected chi connectivity index (χ3v) is 6.89. The number of H-pyrrole nitrogens is 2. The molecule has 6 N–H and O–H groups in total. The fraction of sp³-hybridized carbons (Fsp3) is 0.133. The van der Waals surface area contributed by atoms with Crippen LogP contribution in [0.15, 0.2) is 77.6 Å². The summed E-state index contributed by atoms with van der Waals surface area (Å²) in [6.45, 7) is -0.0663. The van der Waals surface area contributed by atoms with E-state index in [0.717, 1.165) is 11.6 Å². The smallest absolute Gasteiger partial charge is 0.490 e. The molecule has 240 valence electrons. The van der Waals surface area contributed by atoms with E-state index in [1.165, 1.54) is 18.2 Å². The number of alkyl halides is 3. The van der Waals surface area contributed by atoms with Gasteiger partial charge in [-0.25, -0.2) is 19.0 Å². The molecule has 0 aliphatic rings. The van der Waals surface area contributed by atoms with Gasteiger partial charge in [-0.1, -0.05) is 59.6 Å². The third-order valence-electron chi connectivity index (χ3n) is 6.38. The molecule has 2 heterocycles. The Bertz CT molecular complexity index is 1930. The number of aromatic hydroxyl groups is 1. The standard InChI is InChI=1S/C28H22Cl2FN5O3.C2HF3O2/c29-18-7-8-20(31)17(11-18)14-32-28(39)34-22(10-15-4-2-1-3-5-15)27-35-25(26(30)36-27)16-6-9-21-19(12-16)23(37)13-24(38)33-21;3-2(4,5)1(6)7/h1-9,11-13,22H,10,14H2,(H,35,36)(H2,32,34,39)(H2,33,37,38);(H,6,7)/t22-;/m0./s1. The zero-order valence-corrected chi connectivity index (χ0v) is 24.8. The van der Waals surface area contributed by atoms with Crippen LogP contribution in [0.5, 0.6) is 5.75 Å². The molecule has 0 unspecified atom stereocenters. The maximum atomic E-state index is 14.1. The number of aliphatic carboxylic acids is 1. The molecule has 0 fully saturated rings. The van der Waals surface area contributed by atoms with Gasteiger partial charge < -0.3 is 30.8 Å². The summed E-state index contributed by atoms with van der Waals surface area (Å²) in [7, 11) is 0. The second-order valence-corrected chi connectivity index (χ2v) is 10.5. The number of carboxylic acids is 1. The van der Waals surface area contributed by atoms with Crippen molar-refractivity contribution in [1.29, 1.82) is 0 Å². The van der Waals surface area contributed by atoms with Gasteiger partial charge in [0.15, 0.2) is 0 Å². The molecule has 10 nitrogen and oxygen atoms in total. The Morgan fingerprint density at radius 3 is 2.35 bits per heavy atom. The summed E-state index contributed by atoms with van der Waals surface area (Å²) in [4.78, 5) is 43.8. The summed E-state index contributed by atoms with van der Waals surface area (Å²) >= 11 is 12.5. The predicted molar refractivity (Wildman–Crippen MR) is 162 cm³/mol. The minimum atomic E-state index is -5.08. The van der Waals surface area contributed by atoms with Crippen LogP contribution >= 0.6 is 23.2 Å². The maximum Gasteiger partial charge on any atom is 0.490 e. The second-order valence-electron chi connectivity index (χ2n) is 9.67. The average molecular weight is 680 g/mol. The number of nitrogens with zero attached hydrogens (tertiary/aromatic N) is 1. The predicted octanol–water partition coefficient (Wildman–Crippen LogP) is 6.49. The highest BCUT2D eigenvalue weighted by molar-refractivity contribution is 6.32. The maximum absolute atomic E-state index is 14.1. The Labute approximate surface area is 267 Å². The summed E-state index contributed by atoms with van der Waals surface area (Å²) in [6, 6.07) is 18.6. The molecule has 16 heteroatoms. The van der Waals surface area contributed by atoms with Crippen molar-refractivity contribution in [3.63, 3.8) is 0 Å². The number of carbonyl (C=O) groups excluding carboxylic acids is 1. The van der Waals surface area contributed by atoms with Crippen molar-refractivity contribution in [3.8, 4) is 17.0 Å². The van der Waals surface area contributed by atoms with Gasteiger partial charge in [0.2, 0.25) is 0 Å². The second kappa shape index (κ2) is 14.3. The molecule has 0 saturated heterocycles. The van der Waals surface area contributed by atoms with Crippen molar-refractivity contribution < 1.29 is 37.4 Å². The molecule has 3 aromatic carbocycles. The lowest BCUT2D eigenvalue weighted by atomic mass is 10.1. The van der Waals surface area contributed by atoms with Gasteiger partial charge in [0.1, 0.15) is 28.2 Å². The van der Waals surface area contributed by atoms with Crippen LogP contribution < -0.4 is 16.2 Å². The molecule has 2 amide bonds. The van der Waals surface area contributed by atoms with Crippen LogP contribution in [0.25, 0.3) is 22.2 Å². The monoisotopic (exact) mass is 679 g/mol. The summed E-state index contributed by atoms with van der Waals surface area (Å²) in [5.41, 5.74) is 2.24. The molecule has 0 aliphatic carbocycles. The minimum Gasteiger partial charge on any atom is -0.507 e. The van der Waals surface area contributed by atoms with Crippen LogP contribution in [-0.2, 0) is 17.8 Å². The Morgan fingerprint density at radius 1 is 0.978 bits per heavy atom. The number of carboxylic acid groups (broad SMARTS) is 1. The molecule has 0 aliphatic heterocycles. The molecular weight excluding hydrogens is 657 g/mol. The first kappa shape index (κ1) is 33.8. The van der Waals surface area contributed by atoms with Gasteiger partial charge in [-0.3, -0.25) is 4.79 Å². The summed E-state index contributed by atoms with van der Waals surface area (Å²) in [5.74, 6) is -3.01. The average Bonchev–Trinajstić information content (AvgIpc) is 3.39. The van der Waals surface area contributed by atoms with Crippen molar-refractivity contribution in [1.82, 2.24) is 25.6 Å². The molecule has 0 radical (unpaired) electrons. The van der Waals surface area contributed by atoms with Crippen molar-refractivity contribution in [2.24, 2.45) is 0 Å². The highest BCUT2D eigenvalue weighted by Gasteiger charge is 2.38. The number of fused-ring (bicyclic) bond motifs is 1. The largest absolute Gasteiger partial charge is 0.507 e. The quantitative estimate of drug-likeness (QED) is 0.108. The van der Waals surface area contributed by atoms with Crippen LogP contribution in [0.3, 0.4) is 0 Å². The number of benzene rings is 3. The minimum absolute atomic E-state index is 0.0663. The van der Waals surface area contributed by atoms with Crippen molar-refractivity contribution in [2.45, 2.75) is 25.2 Å². The van der Waals surface area contributed by atoms with Crippen LogP contribution in [0.2, 0.25) is 10.2 Å². The molecule has 0 saturated carbocycles. The number of rotatable bonds is 7. The van der Waals surface area contributed by atoms with E-state index in [2.05, 4.69) is 25.6 Å². The Morgan fingerprint density at radius 2 is 1.67 bits per heavy atom. The molecule has 2 aromatic heterocycles. The molecule has 5 aromatic rings. The number of aromatic nitrogens is 3. The zero-order chi connectivity index (χ0) is 33.6. The van der Waals surface area contributed by atoms with E-state index >= 15 is 0 Å². The van der Waals surface area contributed by atoms with Crippen LogP contribution in [0, 0.1) is 5.82 Å². The number of imidazole rings is 1. The number of nitrogens with one attached hydrogen (secondary N) is 4. The number of hydrogen-bond donors (Lipinski definition) is 6. The van der Waals surface area contributed by atoms with Crippen molar-refractivity contribution in [3.05, 3.63) is 116 Å². The van der Waals surface area contributed by atoms with E-state index in [-0.39, 0.29) is 23.0 Å². The van der Waals surface area contributed by atoms with Gasteiger partial charge in [-0.05, 0) is 42.3 Å². The fourth-order valence-electron chi connectivity index (χ4n) is 4.24. The fourth-order valence-corrected chi connectivity index (χ4v) is 4.68. The molecule has 0 spiro atoms. The summed E-state index contributed by atoms with van der Waals surface area (Å²) < 4.78 is 45.8. The first-order chi connectivity index (χ1) is 21.7. The number of aromatic amines is 2. The molecular formula is C30H23Cl2F4N5O5. The van der Waals surface area contributed by atoms with Crippen LogP contribution in [0.4, 0.5) is 22.4 Å². The van der Waals surface area contributed by atoms with Gasteiger partial charge in [-0.2, -0.15) is 13.2 Å². The van der Waals surface area contributed by atoms with Gasteiger partial charge in [0.25, 0.3) is 5.56 Å². The zero-order valence-electron chi connectivity index (χ0n) is 23.3. The first-order valence-corrected chi connectivity index (χ1v) is 13.9. The number of urea groups is 1. The van der Waals surface area contributed by atoms with E-state index in [4.69, 9.17) is 33.1 Å². The van der Waals surface area contributed by atoms with Gasteiger partial charge >= 0.3 is 18.2 Å². The van der Waals surface area contributed by atoms with Crippen LogP contribution in [0.1, 0.15) is 23.0 Å². The topological polar surface area (TPSA) is 160 Å². The van der Waals surface area contributed by atoms with E-state index in [0.29, 0.717) is 39.4 Å². The van der Waals surface area contributed by atoms with E-state index in [1.54, 1.807) is 18.2 Å². The number of carbonyl (C=O) groups is 2. The lowest BCUT2D eigenvalue weighted by Gasteiger charge is -2.18. The lowest BCUT2D eigenvalue weighted by molar-refractivity contribution is -0.192. The third kappa shape index (κ3) is 8.76. The van der Waals surface area contributed by atoms with Crippen LogP contribution in [-0.4, -0.2) is 43.3 Å². The van der Waals surface area contributed by atoms with E-state index in [1.807, 2.05) is 30.3 Å². The highest BCUT2D eigenvalue weighted by atomic mass is 35.5. The molecule has 5 rings (SSSR count). The first-order valence-electron chi connectivity index (χ1n) is 13.2. The van der Waals surface area contributed by atoms with E-state index < -0.39 is 35.6 Å². The Kier molecular flexibility index (Phi) is 10.5. The normalized spacial score (nSPS) is 11.8. The molecule has 0 bridgehead atoms. The Balaban J connectivity index is 0.000000617. The van der Waals surface area contributed by atoms with Gasteiger partial charge in [0, 0.05) is 34.1 Å². The molecule has 46 heavy (non-hydrogen) atoms. The van der Waals surface area contributed by atoms with Gasteiger partial charge in [-0.15, -0.1) is 0 Å². The van der Waals surface area contributed by atoms with Gasteiger partial charge in [0.05, 0.1) is 11.6 Å². The van der Waals surface area contributed by atoms with Crippen molar-refractivity contribution >= 4 is 46.1 Å². The lowest BCUT2D eigenvalue weighted by Crippen LogP contribution is -2.39. The number of pyridine rings is 1. The van der Waals surface area contributed by atoms with Crippen molar-refractivity contribution in [2.75, 3.05) is 0 Å². The number of halogens is 6. The number of hydrogen-bond acceptors (Lipinski definition) is 5. The Hall–Kier alpha value is -5.08. The summed E-state index contributed by atoms with van der Waals surface area (Å²) in [5, 5.41) is 23.9. The number of amides is 2. The SMILES string of the molecule is O=C(NCc1cc(Cl)ccc1F)N[C@@H](Cc1ccccc1)c1nc(-c2ccc3[nH]c(=O)cc(O)c3c2)c(Cl)[nH]1.O=C(O)C(F)(F)F. The van der Waals surface area contributed by atoms with E-state index in [9.17, 15) is 32.3 Å². The molecule has 1 atom stereocenters.